The zero-order chi connectivity index (χ0) is 19.6. The maximum absolute atomic E-state index is 11.9. The standard InChI is InChI=1S/C19H25N5O2S.HI/c1-3-15-8-9-16(27-15)11-24-19(21-2)23-10-13-4-6-14(7-5-13)18(26)22-12-17(20)25;/h4-9H,3,10-12H2,1-2H3,(H2,20,25)(H,22,26)(H2,21,23,24);1H. The summed E-state index contributed by atoms with van der Waals surface area (Å²) in [5, 5.41) is 9.00. The number of hydrogen-bond donors (Lipinski definition) is 4. The average molecular weight is 515 g/mol. The van der Waals surface area contributed by atoms with Crippen LogP contribution in [0.25, 0.3) is 0 Å². The van der Waals surface area contributed by atoms with Crippen LogP contribution in [-0.4, -0.2) is 31.4 Å². The first-order valence-corrected chi connectivity index (χ1v) is 9.51. The van der Waals surface area contributed by atoms with Crippen molar-refractivity contribution in [3.63, 3.8) is 0 Å². The van der Waals surface area contributed by atoms with E-state index in [1.54, 1.807) is 30.5 Å². The fraction of sp³-hybridized carbons (Fsp3) is 0.316. The van der Waals surface area contributed by atoms with E-state index < -0.39 is 5.91 Å². The minimum absolute atomic E-state index is 0. The Kier molecular flexibility index (Phi) is 10.5. The van der Waals surface area contributed by atoms with Gasteiger partial charge in [-0.1, -0.05) is 19.1 Å². The van der Waals surface area contributed by atoms with Crippen LogP contribution in [0.3, 0.4) is 0 Å². The molecule has 1 aromatic carbocycles. The first kappa shape index (κ1) is 23.9. The molecule has 0 atom stereocenters. The van der Waals surface area contributed by atoms with E-state index in [-0.39, 0.29) is 36.4 Å². The van der Waals surface area contributed by atoms with Crippen LogP contribution in [0, 0.1) is 0 Å². The lowest BCUT2D eigenvalue weighted by atomic mass is 10.1. The topological polar surface area (TPSA) is 109 Å². The number of aliphatic imine (C=N–C) groups is 1. The lowest BCUT2D eigenvalue weighted by molar-refractivity contribution is -0.117. The van der Waals surface area contributed by atoms with Crippen molar-refractivity contribution in [3.8, 4) is 0 Å². The van der Waals surface area contributed by atoms with Crippen molar-refractivity contribution in [2.24, 2.45) is 10.7 Å². The van der Waals surface area contributed by atoms with Crippen LogP contribution < -0.4 is 21.7 Å². The van der Waals surface area contributed by atoms with Gasteiger partial charge in [-0.15, -0.1) is 35.3 Å². The van der Waals surface area contributed by atoms with Gasteiger partial charge in [-0.2, -0.15) is 0 Å². The van der Waals surface area contributed by atoms with Crippen LogP contribution in [0.15, 0.2) is 41.4 Å². The van der Waals surface area contributed by atoms with Crippen molar-refractivity contribution in [1.29, 1.82) is 0 Å². The van der Waals surface area contributed by atoms with Crippen LogP contribution in [0.2, 0.25) is 0 Å². The third-order valence-corrected chi connectivity index (χ3v) is 5.05. The third-order valence-electron chi connectivity index (χ3n) is 3.82. The molecule has 1 aromatic heterocycles. The fourth-order valence-electron chi connectivity index (χ4n) is 2.33. The first-order chi connectivity index (χ1) is 13.0. The Morgan fingerprint density at radius 3 is 2.21 bits per heavy atom. The Balaban J connectivity index is 0.00000392. The third kappa shape index (κ3) is 7.85. The largest absolute Gasteiger partial charge is 0.368 e. The molecule has 0 aliphatic carbocycles. The van der Waals surface area contributed by atoms with E-state index in [4.69, 9.17) is 5.73 Å². The molecular weight excluding hydrogens is 489 g/mol. The van der Waals surface area contributed by atoms with Gasteiger partial charge in [0.1, 0.15) is 0 Å². The maximum Gasteiger partial charge on any atom is 0.251 e. The van der Waals surface area contributed by atoms with E-state index in [1.165, 1.54) is 9.75 Å². The van der Waals surface area contributed by atoms with Gasteiger partial charge in [-0.25, -0.2) is 0 Å². The second-order valence-corrected chi connectivity index (χ2v) is 7.10. The van der Waals surface area contributed by atoms with Crippen LogP contribution >= 0.6 is 35.3 Å². The van der Waals surface area contributed by atoms with Crippen LogP contribution in [-0.2, 0) is 24.3 Å². The predicted molar refractivity (Wildman–Crippen MR) is 124 cm³/mol. The van der Waals surface area contributed by atoms with Crippen molar-refractivity contribution in [3.05, 3.63) is 57.3 Å². The van der Waals surface area contributed by atoms with Gasteiger partial charge < -0.3 is 21.7 Å². The molecule has 0 aliphatic rings. The number of nitrogens with one attached hydrogen (secondary N) is 3. The highest BCUT2D eigenvalue weighted by Gasteiger charge is 2.06. The second kappa shape index (κ2) is 12.3. The molecule has 0 saturated heterocycles. The molecule has 0 spiro atoms. The summed E-state index contributed by atoms with van der Waals surface area (Å²) in [6, 6.07) is 11.4. The summed E-state index contributed by atoms with van der Waals surface area (Å²) in [6.45, 7) is 3.28. The quantitative estimate of drug-likeness (QED) is 0.245. The van der Waals surface area contributed by atoms with E-state index in [2.05, 4.69) is 40.0 Å². The van der Waals surface area contributed by atoms with Crippen molar-refractivity contribution in [1.82, 2.24) is 16.0 Å². The van der Waals surface area contributed by atoms with Crippen molar-refractivity contribution in [2.45, 2.75) is 26.4 Å². The Hall–Kier alpha value is -2.14. The average Bonchev–Trinajstić information content (AvgIpc) is 3.14. The van der Waals surface area contributed by atoms with Gasteiger partial charge in [0.05, 0.1) is 13.1 Å². The van der Waals surface area contributed by atoms with Gasteiger partial charge in [0.15, 0.2) is 5.96 Å². The number of rotatable bonds is 8. The molecule has 28 heavy (non-hydrogen) atoms. The van der Waals surface area contributed by atoms with Gasteiger partial charge in [0.2, 0.25) is 5.91 Å². The number of hydrogen-bond acceptors (Lipinski definition) is 4. The summed E-state index contributed by atoms with van der Waals surface area (Å²) in [6.07, 6.45) is 1.05. The molecule has 1 heterocycles. The number of aryl methyl sites for hydroxylation is 1. The molecule has 0 radical (unpaired) electrons. The molecule has 0 fully saturated rings. The SMILES string of the molecule is CCc1ccc(CNC(=NC)NCc2ccc(C(=O)NCC(N)=O)cc2)s1.I. The Labute approximate surface area is 186 Å². The Morgan fingerprint density at radius 1 is 1.00 bits per heavy atom. The number of guanidine groups is 1. The number of halogens is 1. The minimum Gasteiger partial charge on any atom is -0.368 e. The highest BCUT2D eigenvalue weighted by Crippen LogP contribution is 2.16. The molecule has 2 amide bonds. The minimum atomic E-state index is -0.573. The lowest BCUT2D eigenvalue weighted by Gasteiger charge is -2.11. The van der Waals surface area contributed by atoms with E-state index in [9.17, 15) is 9.59 Å². The summed E-state index contributed by atoms with van der Waals surface area (Å²) in [7, 11) is 1.73. The monoisotopic (exact) mass is 515 g/mol. The van der Waals surface area contributed by atoms with E-state index >= 15 is 0 Å². The zero-order valence-electron chi connectivity index (χ0n) is 16.0. The number of benzene rings is 1. The molecule has 2 aromatic rings. The molecule has 0 unspecified atom stereocenters. The summed E-state index contributed by atoms with van der Waals surface area (Å²) in [5.74, 6) is -0.186. The normalized spacial score (nSPS) is 10.7. The van der Waals surface area contributed by atoms with Gasteiger partial charge in [0, 0.05) is 28.9 Å². The number of nitrogens with two attached hydrogens (primary N) is 1. The van der Waals surface area contributed by atoms with Gasteiger partial charge in [0.25, 0.3) is 5.91 Å². The number of nitrogens with zero attached hydrogens (tertiary/aromatic N) is 1. The van der Waals surface area contributed by atoms with E-state index in [1.807, 2.05) is 12.1 Å². The molecule has 2 rings (SSSR count). The highest BCUT2D eigenvalue weighted by atomic mass is 127. The maximum atomic E-state index is 11.9. The Bertz CT molecular complexity index is 805. The molecule has 0 saturated carbocycles. The first-order valence-electron chi connectivity index (χ1n) is 8.69. The molecule has 7 nitrogen and oxygen atoms in total. The number of amides is 2. The van der Waals surface area contributed by atoms with Crippen molar-refractivity contribution >= 4 is 53.1 Å². The summed E-state index contributed by atoms with van der Waals surface area (Å²) < 4.78 is 0. The number of thiophene rings is 1. The number of carbonyl (C=O) groups is 2. The fourth-order valence-corrected chi connectivity index (χ4v) is 3.23. The molecule has 0 aliphatic heterocycles. The smallest absolute Gasteiger partial charge is 0.251 e. The van der Waals surface area contributed by atoms with Gasteiger partial charge in [-0.3, -0.25) is 14.6 Å². The zero-order valence-corrected chi connectivity index (χ0v) is 19.1. The summed E-state index contributed by atoms with van der Waals surface area (Å²) >= 11 is 1.80. The highest BCUT2D eigenvalue weighted by molar-refractivity contribution is 14.0. The molecule has 5 N–H and O–H groups in total. The van der Waals surface area contributed by atoms with Gasteiger partial charge >= 0.3 is 0 Å². The number of carbonyl (C=O) groups excluding carboxylic acids is 2. The van der Waals surface area contributed by atoms with Crippen molar-refractivity contribution in [2.75, 3.05) is 13.6 Å². The predicted octanol–water partition coefficient (Wildman–Crippen LogP) is 2.01. The van der Waals surface area contributed by atoms with Crippen LogP contribution in [0.1, 0.15) is 32.6 Å². The molecule has 9 heteroatoms. The molecular formula is C19H26IN5O2S. The van der Waals surface area contributed by atoms with E-state index in [0.717, 1.165) is 18.5 Å². The lowest BCUT2D eigenvalue weighted by Crippen LogP contribution is -2.36. The number of primary amides is 1. The molecule has 152 valence electrons. The Morgan fingerprint density at radius 2 is 1.64 bits per heavy atom. The van der Waals surface area contributed by atoms with E-state index in [0.29, 0.717) is 18.1 Å². The van der Waals surface area contributed by atoms with Crippen molar-refractivity contribution < 1.29 is 9.59 Å². The summed E-state index contributed by atoms with van der Waals surface area (Å²) in [4.78, 5) is 29.4. The van der Waals surface area contributed by atoms with Gasteiger partial charge in [-0.05, 0) is 36.2 Å². The second-order valence-electron chi connectivity index (χ2n) is 5.85. The van der Waals surface area contributed by atoms with Crippen LogP contribution in [0.5, 0.6) is 0 Å². The molecule has 0 bridgehead atoms. The van der Waals surface area contributed by atoms with Crippen LogP contribution in [0.4, 0.5) is 0 Å². The summed E-state index contributed by atoms with van der Waals surface area (Å²) in [5.41, 5.74) is 6.50.